The van der Waals surface area contributed by atoms with E-state index in [-0.39, 0.29) is 19.3 Å². The first-order valence-electron chi connectivity index (χ1n) is 41.4. The number of carbonyl (C=O) groups excluding carboxylic acids is 3. The molecule has 5 atom stereocenters. The molecule has 0 spiro atoms. The SMILES string of the molecule is CC/C=C\C/C=C\C/C=C\C/C=C\C/C=C\CCCCCCCCCCCCCC(=O)OCC(O)COP(=O)(O)OCC(O)COP(=O)(O)OCC(COC(=O)CCCCCCCCCCC/C=C\C/C=C\C/C=C\C/C=C\C/C=C\CC)OC(=O)CCCCCCCC/C=C\C/C=C\C/C=C\C/C=C\CC. The zero-order valence-electron chi connectivity index (χ0n) is 66.7. The van der Waals surface area contributed by atoms with Crippen LogP contribution in [0.25, 0.3) is 0 Å². The van der Waals surface area contributed by atoms with E-state index in [9.17, 15) is 43.5 Å². The first-order valence-corrected chi connectivity index (χ1v) is 44.4. The Morgan fingerprint density at radius 2 is 0.467 bits per heavy atom. The van der Waals surface area contributed by atoms with Gasteiger partial charge in [-0.3, -0.25) is 32.5 Å². The molecular weight excluding hydrogens is 1390 g/mol. The van der Waals surface area contributed by atoms with Gasteiger partial charge in [-0.15, -0.1) is 0 Å². The number of allylic oxidation sites excluding steroid dienone is 28. The van der Waals surface area contributed by atoms with Crippen molar-refractivity contribution in [2.45, 2.75) is 334 Å². The first-order chi connectivity index (χ1) is 52.2. The Balaban J connectivity index is 4.65. The van der Waals surface area contributed by atoms with E-state index in [2.05, 4.69) is 191 Å². The second kappa shape index (κ2) is 80.4. The molecule has 0 fully saturated rings. The smallest absolute Gasteiger partial charge is 0.463 e. The van der Waals surface area contributed by atoms with Crippen molar-refractivity contribution in [2.24, 2.45) is 0 Å². The van der Waals surface area contributed by atoms with Gasteiger partial charge < -0.3 is 34.2 Å². The van der Waals surface area contributed by atoms with Gasteiger partial charge in [0.1, 0.15) is 25.4 Å². The Morgan fingerprint density at radius 3 is 0.738 bits per heavy atom. The Bertz CT molecular complexity index is 2620. The summed E-state index contributed by atoms with van der Waals surface area (Å²) in [5, 5.41) is 20.7. The monoisotopic (exact) mass is 1540 g/mol. The van der Waals surface area contributed by atoms with Crippen LogP contribution in [0.1, 0.15) is 316 Å². The van der Waals surface area contributed by atoms with Crippen molar-refractivity contribution in [1.29, 1.82) is 0 Å². The summed E-state index contributed by atoms with van der Waals surface area (Å²) in [5.74, 6) is -1.60. The average molecular weight is 1540 g/mol. The van der Waals surface area contributed by atoms with Crippen molar-refractivity contribution < 1.29 is 75.8 Å². The van der Waals surface area contributed by atoms with Crippen LogP contribution in [-0.4, -0.2) is 95.9 Å². The minimum atomic E-state index is -4.95. The minimum Gasteiger partial charge on any atom is -0.463 e. The van der Waals surface area contributed by atoms with Gasteiger partial charge in [-0.05, 0) is 148 Å². The standard InChI is InChI=1S/C89H148O16P2/c1-4-7-10-13-16-19-22-25-28-31-34-36-38-40-41-43-45-46-49-51-54-57-60-63-66-69-72-75-87(92)99-78-84(90)79-101-106(95,96)102-80-85(91)81-103-107(97,98)104-83-86(105-89(94)77-74-71-68-65-62-59-56-53-48-33-30-27-24-21-18-15-12-9-6-3)82-100-88(93)76-73-70-67-64-61-58-55-52-50-47-44-42-39-37-35-32-29-26-23-20-17-14-11-8-5-2/h7-12,16-21,25-30,34-37,40-42,44,48,53,84-86,90-91H,4-6,13-15,22-24,31-33,38-39,43,45-47,49-52,54-83H2,1-3H3,(H,95,96)(H,97,98)/b10-7-,11-8-,12-9-,19-16-,20-17-,21-18-,28-25-,29-26-,30-27-,36-34-,37-35-,41-40-,44-42-,53-48-. The van der Waals surface area contributed by atoms with Crippen molar-refractivity contribution in [3.63, 3.8) is 0 Å². The van der Waals surface area contributed by atoms with Gasteiger partial charge in [0.25, 0.3) is 0 Å². The normalized spacial score (nSPS) is 14.8. The quantitative estimate of drug-likeness (QED) is 0.0146. The summed E-state index contributed by atoms with van der Waals surface area (Å²) in [5.41, 5.74) is 0. The number of aliphatic hydroxyl groups is 2. The van der Waals surface area contributed by atoms with Gasteiger partial charge in [0.05, 0.1) is 26.4 Å². The Hall–Kier alpha value is -5.09. The summed E-state index contributed by atoms with van der Waals surface area (Å²) < 4.78 is 61.3. The summed E-state index contributed by atoms with van der Waals surface area (Å²) in [6.07, 6.45) is 102. The van der Waals surface area contributed by atoms with Crippen LogP contribution in [0.5, 0.6) is 0 Å². The van der Waals surface area contributed by atoms with Crippen LogP contribution in [0.4, 0.5) is 0 Å². The highest BCUT2D eigenvalue weighted by Gasteiger charge is 2.29. The van der Waals surface area contributed by atoms with Crippen LogP contribution in [-0.2, 0) is 55.8 Å². The summed E-state index contributed by atoms with van der Waals surface area (Å²) in [7, 11) is -9.81. The van der Waals surface area contributed by atoms with Gasteiger partial charge in [-0.1, -0.05) is 319 Å². The Labute approximate surface area is 650 Å². The number of hydrogen-bond donors (Lipinski definition) is 4. The fourth-order valence-corrected chi connectivity index (χ4v) is 12.3. The number of hydrogen-bond acceptors (Lipinski definition) is 14. The maximum Gasteiger partial charge on any atom is 0.472 e. The van der Waals surface area contributed by atoms with Crippen molar-refractivity contribution in [1.82, 2.24) is 0 Å². The van der Waals surface area contributed by atoms with Crippen LogP contribution in [0.2, 0.25) is 0 Å². The van der Waals surface area contributed by atoms with Crippen LogP contribution in [0, 0.1) is 0 Å². The van der Waals surface area contributed by atoms with E-state index in [0.717, 1.165) is 186 Å². The molecule has 0 saturated carbocycles. The average Bonchev–Trinajstić information content (AvgIpc) is 0.903. The molecule has 0 aliphatic heterocycles. The van der Waals surface area contributed by atoms with E-state index in [1.807, 2.05) is 0 Å². The predicted molar refractivity (Wildman–Crippen MR) is 445 cm³/mol. The Kier molecular flexibility index (Phi) is 76.6. The second-order valence-corrected chi connectivity index (χ2v) is 30.0. The lowest BCUT2D eigenvalue weighted by Crippen LogP contribution is -2.30. The molecule has 0 bridgehead atoms. The summed E-state index contributed by atoms with van der Waals surface area (Å²) in [4.78, 5) is 58.8. The number of rotatable bonds is 77. The predicted octanol–water partition coefficient (Wildman–Crippen LogP) is 24.8. The Morgan fingerprint density at radius 1 is 0.262 bits per heavy atom. The molecule has 0 heterocycles. The zero-order valence-corrected chi connectivity index (χ0v) is 68.5. The van der Waals surface area contributed by atoms with E-state index in [1.54, 1.807) is 0 Å². The van der Waals surface area contributed by atoms with Crippen LogP contribution in [0.15, 0.2) is 170 Å². The molecule has 0 amide bonds. The lowest BCUT2D eigenvalue weighted by atomic mass is 10.0. The van der Waals surface area contributed by atoms with Gasteiger partial charge in [0.2, 0.25) is 0 Å². The fraction of sp³-hybridized carbons (Fsp3) is 0.652. The van der Waals surface area contributed by atoms with Crippen molar-refractivity contribution in [3.8, 4) is 0 Å². The van der Waals surface area contributed by atoms with Crippen molar-refractivity contribution in [2.75, 3.05) is 39.6 Å². The molecule has 0 rings (SSSR count). The summed E-state index contributed by atoms with van der Waals surface area (Å²) in [6, 6.07) is 0. The lowest BCUT2D eigenvalue weighted by Gasteiger charge is -2.21. The number of ether oxygens (including phenoxy) is 3. The van der Waals surface area contributed by atoms with Crippen LogP contribution in [0.3, 0.4) is 0 Å². The largest absolute Gasteiger partial charge is 0.472 e. The minimum absolute atomic E-state index is 0.0816. The number of phosphoric acid groups is 2. The molecule has 0 saturated heterocycles. The van der Waals surface area contributed by atoms with E-state index >= 15 is 0 Å². The molecule has 5 unspecified atom stereocenters. The number of unbranched alkanes of at least 4 members (excludes halogenated alkanes) is 26. The highest BCUT2D eigenvalue weighted by molar-refractivity contribution is 7.47. The van der Waals surface area contributed by atoms with Crippen molar-refractivity contribution >= 4 is 33.6 Å². The van der Waals surface area contributed by atoms with Gasteiger partial charge >= 0.3 is 33.6 Å². The summed E-state index contributed by atoms with van der Waals surface area (Å²) >= 11 is 0. The molecule has 16 nitrogen and oxygen atoms in total. The maximum atomic E-state index is 13.0. The zero-order chi connectivity index (χ0) is 78.0. The molecule has 107 heavy (non-hydrogen) atoms. The molecule has 0 aromatic carbocycles. The van der Waals surface area contributed by atoms with E-state index < -0.39 is 91.5 Å². The molecular formula is C89H148O16P2. The molecule has 4 N–H and O–H groups in total. The molecule has 0 aromatic heterocycles. The van der Waals surface area contributed by atoms with E-state index in [0.29, 0.717) is 19.3 Å². The number of carbonyl (C=O) groups is 3. The number of esters is 3. The van der Waals surface area contributed by atoms with Gasteiger partial charge in [0.15, 0.2) is 6.10 Å². The van der Waals surface area contributed by atoms with Gasteiger partial charge in [-0.2, -0.15) is 0 Å². The molecule has 0 aromatic rings. The second-order valence-electron chi connectivity index (χ2n) is 27.1. The summed E-state index contributed by atoms with van der Waals surface area (Å²) in [6.45, 7) is 2.33. The molecule has 610 valence electrons. The maximum absolute atomic E-state index is 13.0. The van der Waals surface area contributed by atoms with Crippen LogP contribution >= 0.6 is 15.6 Å². The first kappa shape index (κ1) is 102. The number of aliphatic hydroxyl groups excluding tert-OH is 2. The van der Waals surface area contributed by atoms with Gasteiger partial charge in [-0.25, -0.2) is 9.13 Å². The molecule has 18 heteroatoms. The fourth-order valence-electron chi connectivity index (χ4n) is 10.7. The van der Waals surface area contributed by atoms with Crippen molar-refractivity contribution in [3.05, 3.63) is 170 Å². The third-order valence-corrected chi connectivity index (χ3v) is 18.8. The van der Waals surface area contributed by atoms with Crippen LogP contribution < -0.4 is 0 Å². The third-order valence-electron chi connectivity index (χ3n) is 16.9. The molecule has 0 aliphatic carbocycles. The number of phosphoric ester groups is 2. The highest BCUT2D eigenvalue weighted by atomic mass is 31.2. The lowest BCUT2D eigenvalue weighted by molar-refractivity contribution is -0.161. The van der Waals surface area contributed by atoms with E-state index in [4.69, 9.17) is 32.3 Å². The highest BCUT2D eigenvalue weighted by Crippen LogP contribution is 2.45. The molecule has 0 aliphatic rings. The third kappa shape index (κ3) is 81.7. The topological polar surface area (TPSA) is 231 Å². The molecule has 0 radical (unpaired) electrons. The van der Waals surface area contributed by atoms with E-state index in [1.165, 1.54) is 70.6 Å². The van der Waals surface area contributed by atoms with Gasteiger partial charge in [0, 0.05) is 19.3 Å².